The second kappa shape index (κ2) is 13.8. The molecule has 0 unspecified atom stereocenters. The van der Waals surface area contributed by atoms with Crippen LogP contribution in [-0.4, -0.2) is 19.9 Å². The summed E-state index contributed by atoms with van der Waals surface area (Å²) in [5, 5.41) is 2.12. The van der Waals surface area contributed by atoms with Gasteiger partial charge in [0.15, 0.2) is 23.1 Å². The number of benzene rings is 7. The highest BCUT2D eigenvalue weighted by atomic mass is 16.3. The summed E-state index contributed by atoms with van der Waals surface area (Å²) in [5.41, 5.74) is 11.7. The van der Waals surface area contributed by atoms with Gasteiger partial charge in [-0.05, 0) is 22.8 Å². The molecule has 0 bridgehead atoms. The SMILES string of the molecule is c1ccc(-c2nc(-c3ccccc3)nc(-c3ccc(-c4ccc(-c5c(-c6ccccc6)oc6c(-c7ccccc7)nc7ccccc7c56)cc4)cc3)n2)cc1. The molecule has 3 aromatic heterocycles. The molecule has 10 rings (SSSR count). The minimum absolute atomic E-state index is 0.631. The highest BCUT2D eigenvalue weighted by Crippen LogP contribution is 2.46. The number of pyridine rings is 1. The molecule has 0 aliphatic heterocycles. The first kappa shape index (κ1) is 32.2. The third kappa shape index (κ3) is 6.04. The number of furan rings is 1. The lowest BCUT2D eigenvalue weighted by Crippen LogP contribution is -2.00. The Balaban J connectivity index is 1.06. The van der Waals surface area contributed by atoms with Crippen LogP contribution in [0.3, 0.4) is 0 Å². The van der Waals surface area contributed by atoms with Gasteiger partial charge in [-0.3, -0.25) is 0 Å². The predicted octanol–water partition coefficient (Wildman–Crippen LogP) is 12.8. The monoisotopic (exact) mass is 704 g/mol. The Morgan fingerprint density at radius 2 is 0.709 bits per heavy atom. The average molecular weight is 705 g/mol. The first-order valence-corrected chi connectivity index (χ1v) is 18.3. The van der Waals surface area contributed by atoms with Crippen molar-refractivity contribution in [2.45, 2.75) is 0 Å². The maximum atomic E-state index is 6.90. The third-order valence-corrected chi connectivity index (χ3v) is 9.96. The molecule has 5 nitrogen and oxygen atoms in total. The Hall–Kier alpha value is -7.50. The van der Waals surface area contributed by atoms with Crippen molar-refractivity contribution in [1.29, 1.82) is 0 Å². The molecule has 0 saturated carbocycles. The maximum Gasteiger partial charge on any atom is 0.164 e. The van der Waals surface area contributed by atoms with E-state index in [4.69, 9.17) is 24.4 Å². The van der Waals surface area contributed by atoms with Gasteiger partial charge in [-0.1, -0.05) is 188 Å². The molecule has 0 aliphatic rings. The van der Waals surface area contributed by atoms with E-state index < -0.39 is 0 Å². The molecule has 0 spiro atoms. The summed E-state index contributed by atoms with van der Waals surface area (Å²) in [5.74, 6) is 2.74. The Bertz CT molecular complexity index is 2870. The van der Waals surface area contributed by atoms with Crippen molar-refractivity contribution in [2.24, 2.45) is 0 Å². The molecule has 0 saturated heterocycles. The van der Waals surface area contributed by atoms with Crippen LogP contribution in [-0.2, 0) is 0 Å². The van der Waals surface area contributed by atoms with Crippen LogP contribution >= 0.6 is 0 Å². The molecule has 5 heteroatoms. The summed E-state index contributed by atoms with van der Waals surface area (Å²) in [4.78, 5) is 19.8. The van der Waals surface area contributed by atoms with Crippen molar-refractivity contribution < 1.29 is 4.42 Å². The largest absolute Gasteiger partial charge is 0.453 e. The van der Waals surface area contributed by atoms with E-state index in [1.807, 2.05) is 91.0 Å². The number of aromatic nitrogens is 4. The molecule has 55 heavy (non-hydrogen) atoms. The highest BCUT2D eigenvalue weighted by molar-refractivity contribution is 6.18. The fraction of sp³-hybridized carbons (Fsp3) is 0. The van der Waals surface area contributed by atoms with Crippen LogP contribution in [0.1, 0.15) is 0 Å². The molecular weight excluding hydrogens is 673 g/mol. The standard InChI is InChI=1S/C50H32N4O/c1-5-15-36(16-6-1)45-47-44(41-23-13-14-24-42(41)51-45)43(46(55-47)37-17-7-2-8-18-37)35-29-25-33(26-30-35)34-27-31-40(32-28-34)50-53-48(38-19-9-3-10-20-38)52-49(54-50)39-21-11-4-12-22-39/h1-32H. The average Bonchev–Trinajstić information content (AvgIpc) is 3.68. The van der Waals surface area contributed by atoms with E-state index in [0.29, 0.717) is 17.5 Å². The van der Waals surface area contributed by atoms with Gasteiger partial charge in [0.05, 0.1) is 5.52 Å². The molecule has 0 amide bonds. The van der Waals surface area contributed by atoms with Gasteiger partial charge in [0, 0.05) is 44.2 Å². The lowest BCUT2D eigenvalue weighted by Gasteiger charge is -2.10. The molecule has 10 aromatic rings. The molecule has 7 aromatic carbocycles. The van der Waals surface area contributed by atoms with Gasteiger partial charge in [-0.2, -0.15) is 0 Å². The van der Waals surface area contributed by atoms with Crippen LogP contribution in [0.2, 0.25) is 0 Å². The van der Waals surface area contributed by atoms with Gasteiger partial charge in [0.25, 0.3) is 0 Å². The Kier molecular flexibility index (Phi) is 8.08. The van der Waals surface area contributed by atoms with Crippen LogP contribution in [0.4, 0.5) is 0 Å². The molecule has 0 N–H and O–H groups in total. The molecule has 258 valence electrons. The molecule has 0 atom stereocenters. The second-order valence-corrected chi connectivity index (χ2v) is 13.4. The minimum atomic E-state index is 0.631. The normalized spacial score (nSPS) is 11.3. The smallest absolute Gasteiger partial charge is 0.164 e. The third-order valence-electron chi connectivity index (χ3n) is 9.96. The summed E-state index contributed by atoms with van der Waals surface area (Å²) in [6.45, 7) is 0. The van der Waals surface area contributed by atoms with Crippen molar-refractivity contribution in [3.63, 3.8) is 0 Å². The van der Waals surface area contributed by atoms with Crippen LogP contribution in [0.25, 0.3) is 101 Å². The summed E-state index contributed by atoms with van der Waals surface area (Å²) < 4.78 is 6.90. The zero-order valence-electron chi connectivity index (χ0n) is 29.7. The number of para-hydroxylation sites is 1. The predicted molar refractivity (Wildman–Crippen MR) is 223 cm³/mol. The number of hydrogen-bond donors (Lipinski definition) is 0. The second-order valence-electron chi connectivity index (χ2n) is 13.4. The fourth-order valence-electron chi connectivity index (χ4n) is 7.25. The van der Waals surface area contributed by atoms with Gasteiger partial charge >= 0.3 is 0 Å². The number of fused-ring (bicyclic) bond motifs is 3. The zero-order chi connectivity index (χ0) is 36.6. The van der Waals surface area contributed by atoms with Crippen molar-refractivity contribution in [3.05, 3.63) is 194 Å². The van der Waals surface area contributed by atoms with Gasteiger partial charge in [0.2, 0.25) is 0 Å². The summed E-state index contributed by atoms with van der Waals surface area (Å²) >= 11 is 0. The molecule has 0 aliphatic carbocycles. The van der Waals surface area contributed by atoms with E-state index in [0.717, 1.165) is 83.4 Å². The Morgan fingerprint density at radius 3 is 1.24 bits per heavy atom. The molecule has 0 radical (unpaired) electrons. The van der Waals surface area contributed by atoms with E-state index in [1.165, 1.54) is 0 Å². The molecular formula is C50H32N4O. The van der Waals surface area contributed by atoms with Crippen LogP contribution in [0.5, 0.6) is 0 Å². The van der Waals surface area contributed by atoms with Crippen LogP contribution in [0.15, 0.2) is 199 Å². The van der Waals surface area contributed by atoms with E-state index in [1.54, 1.807) is 0 Å². The first-order chi connectivity index (χ1) is 27.3. The van der Waals surface area contributed by atoms with Crippen molar-refractivity contribution in [2.75, 3.05) is 0 Å². The van der Waals surface area contributed by atoms with E-state index in [2.05, 4.69) is 103 Å². The summed E-state index contributed by atoms with van der Waals surface area (Å²) in [7, 11) is 0. The minimum Gasteiger partial charge on any atom is -0.453 e. The number of hydrogen-bond acceptors (Lipinski definition) is 5. The number of nitrogens with zero attached hydrogens (tertiary/aromatic N) is 4. The Morgan fingerprint density at radius 1 is 0.309 bits per heavy atom. The topological polar surface area (TPSA) is 64.7 Å². The number of rotatable bonds is 7. The lowest BCUT2D eigenvalue weighted by atomic mass is 9.94. The molecule has 3 heterocycles. The van der Waals surface area contributed by atoms with Crippen molar-refractivity contribution in [1.82, 2.24) is 19.9 Å². The van der Waals surface area contributed by atoms with Gasteiger partial charge in [-0.15, -0.1) is 0 Å². The van der Waals surface area contributed by atoms with Crippen LogP contribution in [0, 0.1) is 0 Å². The van der Waals surface area contributed by atoms with E-state index in [-0.39, 0.29) is 0 Å². The summed E-state index contributed by atoms with van der Waals surface area (Å²) in [6.07, 6.45) is 0. The highest BCUT2D eigenvalue weighted by Gasteiger charge is 2.24. The van der Waals surface area contributed by atoms with E-state index >= 15 is 0 Å². The van der Waals surface area contributed by atoms with Gasteiger partial charge in [-0.25, -0.2) is 19.9 Å². The molecule has 0 fully saturated rings. The quantitative estimate of drug-likeness (QED) is 0.165. The fourth-order valence-corrected chi connectivity index (χ4v) is 7.25. The van der Waals surface area contributed by atoms with Crippen molar-refractivity contribution in [3.8, 4) is 79.0 Å². The Labute approximate surface area is 318 Å². The van der Waals surface area contributed by atoms with Crippen molar-refractivity contribution >= 4 is 21.9 Å². The van der Waals surface area contributed by atoms with Gasteiger partial charge in [0.1, 0.15) is 11.5 Å². The van der Waals surface area contributed by atoms with Gasteiger partial charge < -0.3 is 4.42 Å². The lowest BCUT2D eigenvalue weighted by molar-refractivity contribution is 0.632. The maximum absolute atomic E-state index is 6.90. The van der Waals surface area contributed by atoms with E-state index in [9.17, 15) is 0 Å². The van der Waals surface area contributed by atoms with Crippen LogP contribution < -0.4 is 0 Å². The zero-order valence-corrected chi connectivity index (χ0v) is 29.7. The summed E-state index contributed by atoms with van der Waals surface area (Å²) in [6, 6.07) is 66.2. The first-order valence-electron chi connectivity index (χ1n) is 18.3.